The molecule has 7 heteroatoms. The van der Waals surface area contributed by atoms with Crippen LogP contribution in [0.1, 0.15) is 25.0 Å². The van der Waals surface area contributed by atoms with E-state index < -0.39 is 8.07 Å². The van der Waals surface area contributed by atoms with Crippen molar-refractivity contribution in [1.29, 1.82) is 0 Å². The number of imidazole rings is 1. The van der Waals surface area contributed by atoms with Crippen LogP contribution in [0.15, 0.2) is 213 Å². The van der Waals surface area contributed by atoms with E-state index in [-0.39, 0.29) is 26.5 Å². The predicted octanol–water partition coefficient (Wildman–Crippen LogP) is 11.2. The number of hydrogen-bond acceptors (Lipinski definition) is 3. The molecule has 0 spiro atoms. The van der Waals surface area contributed by atoms with Crippen LogP contribution in [-0.2, 0) is 26.5 Å². The number of para-hydroxylation sites is 3. The first kappa shape index (κ1) is 40.2. The van der Waals surface area contributed by atoms with Crippen LogP contribution in [0.3, 0.4) is 0 Å². The van der Waals surface area contributed by atoms with Crippen molar-refractivity contribution >= 4 is 95.1 Å². The number of anilines is 3. The summed E-state index contributed by atoms with van der Waals surface area (Å²) in [5.74, 6) is 0.917. The molecule has 5 nitrogen and oxygen atoms in total. The van der Waals surface area contributed by atoms with Crippen molar-refractivity contribution in [2.45, 2.75) is 19.3 Å². The molecule has 66 heavy (non-hydrogen) atoms. The standard InChI is InChI=1S/C59H41N5Si.Pt/c1-59(2)50-33-34-54-55(48-27-13-15-30-53(48)63(54)40-18-6-3-7-19-40)56(50)64(58-51(59)28-17-35-60-58)41-20-16-25-44(38-41)65(42-21-8-4-9-22-42,43-23-10-5-11-24-43)45-31-32-46-47-26-12-14-29-52(47)62-37-36-61-57(62)49(46)39-45;/h3-37H,1-2H3;/q-2;+2. The van der Waals surface area contributed by atoms with E-state index in [1.54, 1.807) is 0 Å². The van der Waals surface area contributed by atoms with Gasteiger partial charge in [-0.15, -0.1) is 34.8 Å². The number of nitrogens with zero attached hydrogens (tertiary/aromatic N) is 5. The second-order valence-electron chi connectivity index (χ2n) is 17.6. The fraction of sp³-hybridized carbons (Fsp3) is 0.0508. The first-order valence-electron chi connectivity index (χ1n) is 22.3. The fourth-order valence-corrected chi connectivity index (χ4v) is 15.6. The van der Waals surface area contributed by atoms with Gasteiger partial charge in [0.15, 0.2) is 0 Å². The van der Waals surface area contributed by atoms with Crippen LogP contribution in [0.2, 0.25) is 0 Å². The van der Waals surface area contributed by atoms with Crippen LogP contribution >= 0.6 is 0 Å². The van der Waals surface area contributed by atoms with E-state index in [4.69, 9.17) is 9.97 Å². The molecule has 0 N–H and O–H groups in total. The zero-order valence-electron chi connectivity index (χ0n) is 36.3. The van der Waals surface area contributed by atoms with Gasteiger partial charge >= 0.3 is 21.1 Å². The third-order valence-electron chi connectivity index (χ3n) is 13.9. The van der Waals surface area contributed by atoms with Gasteiger partial charge < -0.3 is 13.9 Å². The van der Waals surface area contributed by atoms with E-state index in [0.717, 1.165) is 66.2 Å². The number of aromatic nitrogens is 4. The molecule has 0 saturated heterocycles. The van der Waals surface area contributed by atoms with Crippen molar-refractivity contribution in [2.75, 3.05) is 4.90 Å². The van der Waals surface area contributed by atoms with Crippen LogP contribution in [0, 0.1) is 12.1 Å². The van der Waals surface area contributed by atoms with Gasteiger partial charge in [-0.3, -0.25) is 4.98 Å². The number of benzene rings is 8. The second-order valence-corrected chi connectivity index (χ2v) is 21.3. The molecule has 0 bridgehead atoms. The van der Waals surface area contributed by atoms with E-state index in [9.17, 15) is 0 Å². The molecule has 5 heterocycles. The van der Waals surface area contributed by atoms with Crippen molar-refractivity contribution < 1.29 is 21.1 Å². The molecule has 4 aromatic heterocycles. The van der Waals surface area contributed by atoms with E-state index in [1.165, 1.54) is 37.7 Å². The molecule has 0 unspecified atom stereocenters. The summed E-state index contributed by atoms with van der Waals surface area (Å²) in [6.45, 7) is 4.68. The van der Waals surface area contributed by atoms with E-state index in [2.05, 4.69) is 240 Å². The Balaban J connectivity index is 0.00000456. The Hall–Kier alpha value is -7.37. The van der Waals surface area contributed by atoms with Gasteiger partial charge in [0.1, 0.15) is 13.9 Å². The fourth-order valence-electron chi connectivity index (χ4n) is 11.0. The second kappa shape index (κ2) is 15.4. The molecule has 0 amide bonds. The summed E-state index contributed by atoms with van der Waals surface area (Å²) in [6.07, 6.45) is 5.89. The summed E-state index contributed by atoms with van der Waals surface area (Å²) in [5, 5.41) is 10.5. The third kappa shape index (κ3) is 5.68. The summed E-state index contributed by atoms with van der Waals surface area (Å²) in [6, 6.07) is 79.0. The molecule has 8 aromatic carbocycles. The van der Waals surface area contributed by atoms with Crippen molar-refractivity contribution in [2.24, 2.45) is 0 Å². The van der Waals surface area contributed by atoms with Crippen LogP contribution in [0.4, 0.5) is 17.2 Å². The molecule has 0 radical (unpaired) electrons. The van der Waals surface area contributed by atoms with Gasteiger partial charge in [0.05, 0.1) is 22.4 Å². The maximum atomic E-state index is 5.27. The summed E-state index contributed by atoms with van der Waals surface area (Å²) in [4.78, 5) is 12.6. The molecule has 13 rings (SSSR count). The number of rotatable bonds is 6. The monoisotopic (exact) mass is 1040 g/mol. The van der Waals surface area contributed by atoms with Gasteiger partial charge in [0.2, 0.25) is 0 Å². The van der Waals surface area contributed by atoms with Crippen molar-refractivity contribution in [3.8, 4) is 5.69 Å². The smallest absolute Gasteiger partial charge is 0.340 e. The molecule has 0 saturated carbocycles. The molecule has 0 fully saturated rings. The Bertz CT molecular complexity index is 3780. The minimum atomic E-state index is -3.19. The van der Waals surface area contributed by atoms with Gasteiger partial charge in [0.25, 0.3) is 0 Å². The average molecular weight is 1040 g/mol. The number of fused-ring (bicyclic) bond motifs is 12. The van der Waals surface area contributed by atoms with Crippen LogP contribution in [0.25, 0.3) is 54.8 Å². The normalized spacial score (nSPS) is 13.3. The van der Waals surface area contributed by atoms with Crippen molar-refractivity contribution in [1.82, 2.24) is 18.9 Å². The Labute approximate surface area is 398 Å². The molecular formula is C59H41N5PtSi. The number of pyridine rings is 2. The van der Waals surface area contributed by atoms with Crippen molar-refractivity contribution in [3.63, 3.8) is 0 Å². The first-order valence-corrected chi connectivity index (χ1v) is 24.3. The zero-order valence-corrected chi connectivity index (χ0v) is 39.5. The quantitative estimate of drug-likeness (QED) is 0.0721. The van der Waals surface area contributed by atoms with Crippen LogP contribution in [-0.4, -0.2) is 27.0 Å². The van der Waals surface area contributed by atoms with Crippen LogP contribution < -0.4 is 25.6 Å². The molecule has 1 aliphatic heterocycles. The molecule has 1 aliphatic rings. The molecule has 316 valence electrons. The van der Waals surface area contributed by atoms with Gasteiger partial charge in [-0.2, -0.15) is 23.4 Å². The number of hydrogen-bond donors (Lipinski definition) is 0. The van der Waals surface area contributed by atoms with Crippen LogP contribution in [0.5, 0.6) is 0 Å². The Kier molecular flexibility index (Phi) is 9.35. The summed E-state index contributed by atoms with van der Waals surface area (Å²) >= 11 is 0. The molecule has 0 aliphatic carbocycles. The van der Waals surface area contributed by atoms with Gasteiger partial charge in [-0.25, -0.2) is 4.98 Å². The van der Waals surface area contributed by atoms with Gasteiger partial charge in [0, 0.05) is 51.5 Å². The van der Waals surface area contributed by atoms with Crippen molar-refractivity contribution in [3.05, 3.63) is 236 Å². The molecule has 12 aromatic rings. The SMILES string of the molecule is CC1(C)c2cccnc2N(c2[c-]c([Si](c3[c-]c4c(cc3)c3ccccc3n3ccnc43)(c3ccccc3)c3ccccc3)ccc2)c2c1ccc1c2c2ccccc2n1-c1ccccc1.[Pt+2]. The minimum absolute atomic E-state index is 0. The third-order valence-corrected chi connectivity index (χ3v) is 18.5. The van der Waals surface area contributed by atoms with Gasteiger partial charge in [-0.1, -0.05) is 152 Å². The van der Waals surface area contributed by atoms with E-state index in [0.29, 0.717) is 0 Å². The maximum absolute atomic E-state index is 5.27. The summed E-state index contributed by atoms with van der Waals surface area (Å²) in [5.41, 5.74) is 9.61. The zero-order chi connectivity index (χ0) is 43.3. The summed E-state index contributed by atoms with van der Waals surface area (Å²) in [7, 11) is -3.19. The Morgan fingerprint density at radius 3 is 1.92 bits per heavy atom. The largest absolute Gasteiger partial charge is 2.00 e. The predicted molar refractivity (Wildman–Crippen MR) is 270 cm³/mol. The van der Waals surface area contributed by atoms with E-state index >= 15 is 0 Å². The topological polar surface area (TPSA) is 38.4 Å². The van der Waals surface area contributed by atoms with Gasteiger partial charge in [-0.05, 0) is 57.7 Å². The van der Waals surface area contributed by atoms with E-state index in [1.807, 2.05) is 12.4 Å². The maximum Gasteiger partial charge on any atom is 2.00 e. The Morgan fingerprint density at radius 1 is 0.500 bits per heavy atom. The molecule has 0 atom stereocenters. The minimum Gasteiger partial charge on any atom is -0.340 e. The first-order chi connectivity index (χ1) is 32.0. The Morgan fingerprint density at radius 2 is 1.17 bits per heavy atom. The molecular weight excluding hydrogens is 1000 g/mol. The summed E-state index contributed by atoms with van der Waals surface area (Å²) < 4.78 is 4.61. The average Bonchev–Trinajstić information content (AvgIpc) is 4.00.